The van der Waals surface area contributed by atoms with E-state index in [0.717, 1.165) is 25.2 Å². The van der Waals surface area contributed by atoms with Crippen LogP contribution in [-0.2, 0) is 14.3 Å². The van der Waals surface area contributed by atoms with Crippen LogP contribution < -0.4 is 0 Å². The normalized spacial score (nSPS) is 34.3. The molecular formula is C19H30O3. The Kier molecular flexibility index (Phi) is 5.56. The van der Waals surface area contributed by atoms with E-state index in [0.29, 0.717) is 24.7 Å². The average molecular weight is 306 g/mol. The van der Waals surface area contributed by atoms with Gasteiger partial charge in [-0.05, 0) is 51.4 Å². The van der Waals surface area contributed by atoms with Crippen molar-refractivity contribution in [2.24, 2.45) is 11.8 Å². The summed E-state index contributed by atoms with van der Waals surface area (Å²) in [5.41, 5.74) is 1.74. The van der Waals surface area contributed by atoms with Crippen LogP contribution in [0.4, 0.5) is 0 Å². The number of unbranched alkanes of at least 4 members (excludes halogenated alkanes) is 1. The Balaban J connectivity index is 1.55. The second-order valence-corrected chi connectivity index (χ2v) is 7.18. The Morgan fingerprint density at radius 2 is 2.00 bits per heavy atom. The van der Waals surface area contributed by atoms with E-state index >= 15 is 0 Å². The maximum Gasteiger partial charge on any atom is 0.302 e. The Hall–Kier alpha value is -0.830. The molecule has 3 aliphatic rings. The lowest BCUT2D eigenvalue weighted by Crippen LogP contribution is -2.45. The smallest absolute Gasteiger partial charge is 0.302 e. The van der Waals surface area contributed by atoms with Gasteiger partial charge in [-0.25, -0.2) is 0 Å². The fraction of sp³-hybridized carbons (Fsp3) is 0.842. The van der Waals surface area contributed by atoms with Gasteiger partial charge in [-0.1, -0.05) is 24.5 Å². The summed E-state index contributed by atoms with van der Waals surface area (Å²) in [7, 11) is 0. The quantitative estimate of drug-likeness (QED) is 0.429. The van der Waals surface area contributed by atoms with Crippen LogP contribution in [0.3, 0.4) is 0 Å². The molecule has 0 amide bonds. The van der Waals surface area contributed by atoms with Crippen molar-refractivity contribution in [3.63, 3.8) is 0 Å². The van der Waals surface area contributed by atoms with Gasteiger partial charge in [-0.15, -0.1) is 0 Å². The van der Waals surface area contributed by atoms with Crippen LogP contribution in [0.1, 0.15) is 71.1 Å². The van der Waals surface area contributed by atoms with Gasteiger partial charge in [0.25, 0.3) is 0 Å². The van der Waals surface area contributed by atoms with Gasteiger partial charge in [0.2, 0.25) is 0 Å². The number of ether oxygens (including phenoxy) is 2. The molecule has 0 spiro atoms. The minimum atomic E-state index is -0.170. The molecule has 2 aliphatic carbocycles. The van der Waals surface area contributed by atoms with Crippen molar-refractivity contribution in [2.45, 2.75) is 83.3 Å². The summed E-state index contributed by atoms with van der Waals surface area (Å²) < 4.78 is 11.6. The van der Waals surface area contributed by atoms with E-state index in [4.69, 9.17) is 9.47 Å². The zero-order chi connectivity index (χ0) is 15.4. The van der Waals surface area contributed by atoms with Crippen LogP contribution in [-0.4, -0.2) is 24.8 Å². The van der Waals surface area contributed by atoms with Crippen LogP contribution in [0.25, 0.3) is 0 Å². The molecule has 0 N–H and O–H groups in total. The molecule has 124 valence electrons. The number of hydrogen-bond acceptors (Lipinski definition) is 3. The van der Waals surface area contributed by atoms with Gasteiger partial charge in [-0.3, -0.25) is 4.79 Å². The second-order valence-electron chi connectivity index (χ2n) is 7.18. The number of allylic oxidation sites excluding steroid dienone is 1. The molecule has 0 aromatic carbocycles. The molecule has 1 heterocycles. The van der Waals surface area contributed by atoms with Crippen molar-refractivity contribution < 1.29 is 14.3 Å². The molecule has 3 heteroatoms. The topological polar surface area (TPSA) is 35.5 Å². The summed E-state index contributed by atoms with van der Waals surface area (Å²) in [5.74, 6) is 1.22. The minimum Gasteiger partial charge on any atom is -0.466 e. The average Bonchev–Trinajstić information content (AvgIpc) is 2.54. The fourth-order valence-corrected chi connectivity index (χ4v) is 4.64. The number of fused-ring (bicyclic) bond motifs is 3. The highest BCUT2D eigenvalue weighted by Gasteiger charge is 2.42. The van der Waals surface area contributed by atoms with Gasteiger partial charge < -0.3 is 9.47 Å². The highest BCUT2D eigenvalue weighted by atomic mass is 16.5. The first-order chi connectivity index (χ1) is 10.8. The molecule has 0 bridgehead atoms. The van der Waals surface area contributed by atoms with Gasteiger partial charge in [0, 0.05) is 18.8 Å². The molecule has 1 saturated carbocycles. The largest absolute Gasteiger partial charge is 0.466 e. The minimum absolute atomic E-state index is 0.170. The lowest BCUT2D eigenvalue weighted by atomic mass is 9.68. The van der Waals surface area contributed by atoms with Crippen molar-refractivity contribution in [3.8, 4) is 0 Å². The number of carbonyl (C=O) groups is 1. The molecule has 4 atom stereocenters. The lowest BCUT2D eigenvalue weighted by molar-refractivity contribution is -0.141. The zero-order valence-corrected chi connectivity index (χ0v) is 13.9. The van der Waals surface area contributed by atoms with Crippen molar-refractivity contribution in [1.29, 1.82) is 0 Å². The van der Waals surface area contributed by atoms with Gasteiger partial charge in [0.15, 0.2) is 0 Å². The fourth-order valence-electron chi connectivity index (χ4n) is 4.64. The molecule has 1 saturated heterocycles. The number of esters is 1. The molecule has 2 fully saturated rings. The van der Waals surface area contributed by atoms with E-state index in [1.54, 1.807) is 5.57 Å². The number of hydrogen-bond donors (Lipinski definition) is 0. The lowest BCUT2D eigenvalue weighted by Gasteiger charge is -2.47. The summed E-state index contributed by atoms with van der Waals surface area (Å²) in [6, 6.07) is 0. The van der Waals surface area contributed by atoms with Gasteiger partial charge in [0.1, 0.15) is 0 Å². The van der Waals surface area contributed by atoms with E-state index in [9.17, 15) is 4.79 Å². The molecule has 0 aromatic heterocycles. The first-order valence-corrected chi connectivity index (χ1v) is 9.24. The van der Waals surface area contributed by atoms with Crippen LogP contribution in [0.2, 0.25) is 0 Å². The summed E-state index contributed by atoms with van der Waals surface area (Å²) >= 11 is 0. The molecule has 0 radical (unpaired) electrons. The second kappa shape index (κ2) is 7.63. The van der Waals surface area contributed by atoms with Crippen LogP contribution >= 0.6 is 0 Å². The Morgan fingerprint density at radius 1 is 1.18 bits per heavy atom. The summed E-state index contributed by atoms with van der Waals surface area (Å²) in [4.78, 5) is 10.8. The van der Waals surface area contributed by atoms with E-state index in [1.807, 2.05) is 0 Å². The maximum atomic E-state index is 10.8. The first-order valence-electron chi connectivity index (χ1n) is 9.24. The predicted octanol–water partition coefficient (Wildman–Crippen LogP) is 4.40. The number of carbonyl (C=O) groups excluding carboxylic acids is 1. The highest BCUT2D eigenvalue weighted by Crippen LogP contribution is 2.47. The van der Waals surface area contributed by atoms with Gasteiger partial charge >= 0.3 is 5.97 Å². The molecule has 0 aromatic rings. The van der Waals surface area contributed by atoms with E-state index in [1.165, 1.54) is 51.9 Å². The Bertz CT molecular complexity index is 415. The van der Waals surface area contributed by atoms with E-state index in [2.05, 4.69) is 6.08 Å². The van der Waals surface area contributed by atoms with Crippen molar-refractivity contribution >= 4 is 5.97 Å². The number of rotatable bonds is 5. The van der Waals surface area contributed by atoms with Crippen LogP contribution in [0.15, 0.2) is 11.6 Å². The summed E-state index contributed by atoms with van der Waals surface area (Å²) in [6.45, 7) is 2.04. The molecule has 22 heavy (non-hydrogen) atoms. The molecule has 1 aliphatic heterocycles. The monoisotopic (exact) mass is 306 g/mol. The molecular weight excluding hydrogens is 276 g/mol. The third-order valence-electron chi connectivity index (χ3n) is 5.64. The van der Waals surface area contributed by atoms with Gasteiger partial charge in [0.05, 0.1) is 18.8 Å². The van der Waals surface area contributed by atoms with E-state index in [-0.39, 0.29) is 5.97 Å². The standard InChI is InChI=1S/C19H30O3/c1-14(20)21-13-7-6-12-19-16-9-3-2-8-15(16)17-10-4-5-11-18(17)22-19/h8,16-19H,2-7,9-13H2,1H3. The SMILES string of the molecule is CC(=O)OCCCCC1OC2CCCCC2C2=CCCCC21. The highest BCUT2D eigenvalue weighted by molar-refractivity contribution is 5.65. The predicted molar refractivity (Wildman–Crippen MR) is 86.5 cm³/mol. The molecule has 3 nitrogen and oxygen atoms in total. The Morgan fingerprint density at radius 3 is 2.86 bits per heavy atom. The van der Waals surface area contributed by atoms with Crippen molar-refractivity contribution in [3.05, 3.63) is 11.6 Å². The Labute approximate surface area is 134 Å². The van der Waals surface area contributed by atoms with Crippen molar-refractivity contribution in [2.75, 3.05) is 6.61 Å². The molecule has 4 unspecified atom stereocenters. The molecule has 3 rings (SSSR count). The maximum absolute atomic E-state index is 10.8. The van der Waals surface area contributed by atoms with Gasteiger partial charge in [-0.2, -0.15) is 0 Å². The first kappa shape index (κ1) is 16.0. The third kappa shape index (κ3) is 3.73. The summed E-state index contributed by atoms with van der Waals surface area (Å²) in [5, 5.41) is 0. The van der Waals surface area contributed by atoms with Crippen LogP contribution in [0.5, 0.6) is 0 Å². The van der Waals surface area contributed by atoms with E-state index < -0.39 is 0 Å². The zero-order valence-electron chi connectivity index (χ0n) is 13.9. The van der Waals surface area contributed by atoms with Crippen LogP contribution in [0, 0.1) is 11.8 Å². The third-order valence-corrected chi connectivity index (χ3v) is 5.64. The summed E-state index contributed by atoms with van der Waals surface area (Å²) in [6.07, 6.45) is 15.8. The van der Waals surface area contributed by atoms with Crippen molar-refractivity contribution in [1.82, 2.24) is 0 Å².